The number of hydrogen-bond donors (Lipinski definition) is 3. The van der Waals surface area contributed by atoms with E-state index in [9.17, 15) is 0 Å². The minimum atomic E-state index is 0.0461. The van der Waals surface area contributed by atoms with Gasteiger partial charge in [0.15, 0.2) is 0 Å². The molecule has 1 aromatic carbocycles. The Bertz CT molecular complexity index is 450. The third-order valence-electron chi connectivity index (χ3n) is 1.99. The summed E-state index contributed by atoms with van der Waals surface area (Å²) in [7, 11) is 0. The lowest BCUT2D eigenvalue weighted by atomic mass is 10.1. The fourth-order valence-corrected chi connectivity index (χ4v) is 2.67. The summed E-state index contributed by atoms with van der Waals surface area (Å²) in [5, 5.41) is 10.1. The van der Waals surface area contributed by atoms with Crippen molar-refractivity contribution in [3.8, 4) is 0 Å². The number of nitrogens with two attached hydrogens (primary N) is 1. The van der Waals surface area contributed by atoms with Crippen molar-refractivity contribution in [3.63, 3.8) is 0 Å². The molecule has 0 saturated carbocycles. The molecular weight excluding hydrogens is 202 g/mol. The number of anilines is 1. The van der Waals surface area contributed by atoms with Crippen molar-refractivity contribution in [1.82, 2.24) is 0 Å². The first-order valence-corrected chi connectivity index (χ1v) is 5.10. The molecule has 0 atom stereocenters. The average molecular weight is 211 g/mol. The molecule has 2 nitrogen and oxygen atoms in total. The smallest absolute Gasteiger partial charge is 0.0811 e. The maximum atomic E-state index is 9.08. The molecule has 2 rings (SSSR count). The standard InChI is InChI=1S/C9H9NOS2/c10-7-6-3-1-2-5(4-11)8(6)13-9(7)12/h1-3,11-12H,4,10H2. The van der Waals surface area contributed by atoms with Gasteiger partial charge < -0.3 is 10.8 Å². The lowest BCUT2D eigenvalue weighted by Gasteiger charge is -1.97. The zero-order valence-electron chi connectivity index (χ0n) is 6.82. The molecule has 0 amide bonds. The number of aliphatic hydroxyl groups excluding tert-OH is 1. The number of fused-ring (bicyclic) bond motifs is 1. The van der Waals surface area contributed by atoms with Crippen LogP contribution in [-0.4, -0.2) is 5.11 Å². The van der Waals surface area contributed by atoms with E-state index in [4.69, 9.17) is 10.8 Å². The monoisotopic (exact) mass is 211 g/mol. The minimum Gasteiger partial charge on any atom is -0.397 e. The van der Waals surface area contributed by atoms with E-state index in [1.165, 1.54) is 11.3 Å². The van der Waals surface area contributed by atoms with Gasteiger partial charge in [-0.3, -0.25) is 0 Å². The number of aliphatic hydroxyl groups is 1. The van der Waals surface area contributed by atoms with Crippen LogP contribution in [0.3, 0.4) is 0 Å². The topological polar surface area (TPSA) is 46.2 Å². The Morgan fingerprint density at radius 1 is 1.46 bits per heavy atom. The molecule has 0 bridgehead atoms. The Morgan fingerprint density at radius 2 is 2.23 bits per heavy atom. The summed E-state index contributed by atoms with van der Waals surface area (Å²) in [5.41, 5.74) is 7.43. The van der Waals surface area contributed by atoms with Crippen LogP contribution in [0.25, 0.3) is 10.1 Å². The van der Waals surface area contributed by atoms with E-state index in [-0.39, 0.29) is 6.61 Å². The Balaban J connectivity index is 2.84. The van der Waals surface area contributed by atoms with Crippen LogP contribution in [-0.2, 0) is 6.61 Å². The van der Waals surface area contributed by atoms with E-state index in [0.717, 1.165) is 19.9 Å². The van der Waals surface area contributed by atoms with Gasteiger partial charge in [0.25, 0.3) is 0 Å². The first-order valence-electron chi connectivity index (χ1n) is 3.83. The van der Waals surface area contributed by atoms with E-state index in [2.05, 4.69) is 12.6 Å². The molecular formula is C9H9NOS2. The molecule has 0 aliphatic rings. The van der Waals surface area contributed by atoms with Crippen molar-refractivity contribution in [2.75, 3.05) is 5.73 Å². The molecule has 1 heterocycles. The third-order valence-corrected chi connectivity index (χ3v) is 3.60. The molecule has 0 aliphatic heterocycles. The summed E-state index contributed by atoms with van der Waals surface area (Å²) in [6.07, 6.45) is 0. The van der Waals surface area contributed by atoms with Crippen molar-refractivity contribution < 1.29 is 5.11 Å². The summed E-state index contributed by atoms with van der Waals surface area (Å²) in [4.78, 5) is 0. The first-order chi connectivity index (χ1) is 6.24. The highest BCUT2D eigenvalue weighted by Crippen LogP contribution is 2.37. The molecule has 0 saturated heterocycles. The zero-order chi connectivity index (χ0) is 9.42. The van der Waals surface area contributed by atoms with Gasteiger partial charge in [0.05, 0.1) is 16.5 Å². The zero-order valence-corrected chi connectivity index (χ0v) is 8.53. The van der Waals surface area contributed by atoms with E-state index in [0.29, 0.717) is 5.69 Å². The summed E-state index contributed by atoms with van der Waals surface area (Å²) in [6.45, 7) is 0.0461. The second kappa shape index (κ2) is 3.21. The molecule has 13 heavy (non-hydrogen) atoms. The van der Waals surface area contributed by atoms with E-state index < -0.39 is 0 Å². The van der Waals surface area contributed by atoms with E-state index in [1.807, 2.05) is 18.2 Å². The van der Waals surface area contributed by atoms with Crippen LogP contribution >= 0.6 is 24.0 Å². The molecule has 2 aromatic rings. The van der Waals surface area contributed by atoms with Crippen molar-refractivity contribution in [1.29, 1.82) is 0 Å². The molecule has 0 spiro atoms. The van der Waals surface area contributed by atoms with E-state index >= 15 is 0 Å². The van der Waals surface area contributed by atoms with Gasteiger partial charge in [-0.05, 0) is 5.56 Å². The van der Waals surface area contributed by atoms with Crippen LogP contribution in [0.4, 0.5) is 5.69 Å². The number of nitrogen functional groups attached to an aromatic ring is 1. The molecule has 0 radical (unpaired) electrons. The molecule has 1 aromatic heterocycles. The molecule has 3 N–H and O–H groups in total. The number of hydrogen-bond acceptors (Lipinski definition) is 4. The predicted octanol–water partition coefficient (Wildman–Crippen LogP) is 2.26. The lowest BCUT2D eigenvalue weighted by Crippen LogP contribution is -1.84. The molecule has 68 valence electrons. The van der Waals surface area contributed by atoms with Gasteiger partial charge in [0.1, 0.15) is 0 Å². The highest BCUT2D eigenvalue weighted by atomic mass is 32.2. The van der Waals surface area contributed by atoms with Gasteiger partial charge in [-0.15, -0.1) is 24.0 Å². The highest BCUT2D eigenvalue weighted by Gasteiger charge is 2.08. The van der Waals surface area contributed by atoms with Crippen LogP contribution in [0, 0.1) is 0 Å². The largest absolute Gasteiger partial charge is 0.397 e. The third kappa shape index (κ3) is 1.31. The summed E-state index contributed by atoms with van der Waals surface area (Å²) >= 11 is 5.76. The van der Waals surface area contributed by atoms with Crippen LogP contribution in [0.15, 0.2) is 22.4 Å². The first kappa shape index (κ1) is 8.87. The maximum absolute atomic E-state index is 9.08. The van der Waals surface area contributed by atoms with E-state index in [1.54, 1.807) is 0 Å². The number of thiophene rings is 1. The predicted molar refractivity (Wildman–Crippen MR) is 59.4 cm³/mol. The van der Waals surface area contributed by atoms with Crippen LogP contribution in [0.2, 0.25) is 0 Å². The number of rotatable bonds is 1. The van der Waals surface area contributed by atoms with Crippen molar-refractivity contribution in [2.45, 2.75) is 10.8 Å². The Hall–Kier alpha value is -0.710. The fraction of sp³-hybridized carbons (Fsp3) is 0.111. The molecule has 0 unspecified atom stereocenters. The van der Waals surface area contributed by atoms with Crippen molar-refractivity contribution >= 4 is 39.7 Å². The maximum Gasteiger partial charge on any atom is 0.0811 e. The molecule has 0 fully saturated rings. The normalized spacial score (nSPS) is 10.9. The number of benzene rings is 1. The number of thiol groups is 1. The highest BCUT2D eigenvalue weighted by molar-refractivity contribution is 7.83. The molecule has 4 heteroatoms. The Labute approximate surface area is 85.4 Å². The Kier molecular flexibility index (Phi) is 2.19. The van der Waals surface area contributed by atoms with Crippen LogP contribution in [0.5, 0.6) is 0 Å². The van der Waals surface area contributed by atoms with Crippen LogP contribution < -0.4 is 5.73 Å². The fourth-order valence-electron chi connectivity index (χ4n) is 1.31. The van der Waals surface area contributed by atoms with Gasteiger partial charge in [-0.1, -0.05) is 18.2 Å². The van der Waals surface area contributed by atoms with Gasteiger partial charge in [0, 0.05) is 10.1 Å². The molecule has 0 aliphatic carbocycles. The van der Waals surface area contributed by atoms with Crippen molar-refractivity contribution in [3.05, 3.63) is 23.8 Å². The second-order valence-electron chi connectivity index (χ2n) is 2.77. The Morgan fingerprint density at radius 3 is 2.92 bits per heavy atom. The summed E-state index contributed by atoms with van der Waals surface area (Å²) in [5.74, 6) is 0. The van der Waals surface area contributed by atoms with Gasteiger partial charge >= 0.3 is 0 Å². The summed E-state index contributed by atoms with van der Waals surface area (Å²) < 4.78 is 1.85. The quantitative estimate of drug-likeness (QED) is 0.634. The minimum absolute atomic E-state index is 0.0461. The van der Waals surface area contributed by atoms with Gasteiger partial charge in [0.2, 0.25) is 0 Å². The SMILES string of the molecule is Nc1c(S)sc2c(CO)cccc12. The average Bonchev–Trinajstić information content (AvgIpc) is 2.43. The van der Waals surface area contributed by atoms with Crippen molar-refractivity contribution in [2.24, 2.45) is 0 Å². The summed E-state index contributed by atoms with van der Waals surface area (Å²) in [6, 6.07) is 5.73. The van der Waals surface area contributed by atoms with Gasteiger partial charge in [-0.25, -0.2) is 0 Å². The van der Waals surface area contributed by atoms with Crippen LogP contribution in [0.1, 0.15) is 5.56 Å². The second-order valence-corrected chi connectivity index (χ2v) is 4.54. The van der Waals surface area contributed by atoms with Gasteiger partial charge in [-0.2, -0.15) is 0 Å². The lowest BCUT2D eigenvalue weighted by molar-refractivity contribution is 0.283.